The van der Waals surface area contributed by atoms with Crippen LogP contribution in [0.4, 0.5) is 0 Å². The lowest BCUT2D eigenvalue weighted by molar-refractivity contribution is 0.244. The van der Waals surface area contributed by atoms with Crippen molar-refractivity contribution in [1.29, 1.82) is 0 Å². The molecule has 0 unspecified atom stereocenters. The number of aromatic nitrogens is 1. The zero-order chi connectivity index (χ0) is 10.5. The Hall–Kier alpha value is -1.77. The van der Waals surface area contributed by atoms with Gasteiger partial charge in [-0.1, -0.05) is 30.3 Å². The molecule has 15 heavy (non-hydrogen) atoms. The summed E-state index contributed by atoms with van der Waals surface area (Å²) in [5.41, 5.74) is 2.05. The molecule has 0 aliphatic rings. The van der Waals surface area contributed by atoms with E-state index in [9.17, 15) is 0 Å². The average Bonchev–Trinajstić information content (AvgIpc) is 2.66. The third-order valence-electron chi connectivity index (χ3n) is 2.17. The van der Waals surface area contributed by atoms with Crippen molar-refractivity contribution in [2.24, 2.45) is 0 Å². The third-order valence-corrected chi connectivity index (χ3v) is 2.17. The molecule has 2 aromatic rings. The second-order valence-electron chi connectivity index (χ2n) is 3.31. The van der Waals surface area contributed by atoms with Crippen molar-refractivity contribution in [3.63, 3.8) is 0 Å². The smallest absolute Gasteiger partial charge is 0.308 e. The van der Waals surface area contributed by atoms with Gasteiger partial charge in [0.15, 0.2) is 6.39 Å². The van der Waals surface area contributed by atoms with Crippen LogP contribution in [0.3, 0.4) is 0 Å². The maximum atomic E-state index is 5.45. The first kappa shape index (κ1) is 9.77. The van der Waals surface area contributed by atoms with Crippen LogP contribution >= 0.6 is 0 Å². The molecule has 3 nitrogen and oxygen atoms in total. The standard InChI is InChI=1S/C12H13NO2/c1-10-12(15-9-13-10)14-8-7-11-5-3-2-4-6-11/h2-6,9H,7-8H2,1H3. The van der Waals surface area contributed by atoms with E-state index in [0.717, 1.165) is 12.1 Å². The van der Waals surface area contributed by atoms with E-state index >= 15 is 0 Å². The predicted octanol–water partition coefficient (Wildman–Crippen LogP) is 2.60. The van der Waals surface area contributed by atoms with E-state index in [0.29, 0.717) is 12.6 Å². The lowest BCUT2D eigenvalue weighted by Gasteiger charge is -2.02. The van der Waals surface area contributed by atoms with Crippen LogP contribution in [0.25, 0.3) is 0 Å². The Kier molecular flexibility index (Phi) is 3.02. The van der Waals surface area contributed by atoms with Gasteiger partial charge in [0, 0.05) is 6.42 Å². The van der Waals surface area contributed by atoms with Gasteiger partial charge in [-0.05, 0) is 12.5 Å². The number of oxazole rings is 1. The number of hydrogen-bond donors (Lipinski definition) is 0. The van der Waals surface area contributed by atoms with Crippen molar-refractivity contribution < 1.29 is 9.15 Å². The Bertz CT molecular complexity index is 409. The molecule has 0 spiro atoms. The van der Waals surface area contributed by atoms with Crippen LogP contribution < -0.4 is 4.74 Å². The minimum absolute atomic E-state index is 0.519. The van der Waals surface area contributed by atoms with Crippen LogP contribution in [0.15, 0.2) is 41.1 Å². The summed E-state index contributed by atoms with van der Waals surface area (Å²) in [6.45, 7) is 2.47. The molecular weight excluding hydrogens is 190 g/mol. The molecule has 0 atom stereocenters. The minimum Gasteiger partial charge on any atom is -0.463 e. The van der Waals surface area contributed by atoms with Gasteiger partial charge in [0.25, 0.3) is 0 Å². The summed E-state index contributed by atoms with van der Waals surface area (Å²) in [6.07, 6.45) is 2.27. The zero-order valence-electron chi connectivity index (χ0n) is 8.64. The van der Waals surface area contributed by atoms with Crippen LogP contribution in [0.5, 0.6) is 5.95 Å². The Morgan fingerprint density at radius 1 is 1.27 bits per heavy atom. The van der Waals surface area contributed by atoms with Crippen molar-refractivity contribution >= 4 is 0 Å². The SMILES string of the molecule is Cc1ncoc1OCCc1ccccc1. The molecule has 0 aliphatic heterocycles. The largest absolute Gasteiger partial charge is 0.463 e. The Morgan fingerprint density at radius 3 is 2.73 bits per heavy atom. The van der Waals surface area contributed by atoms with E-state index < -0.39 is 0 Å². The fourth-order valence-electron chi connectivity index (χ4n) is 1.34. The monoisotopic (exact) mass is 203 g/mol. The molecule has 0 fully saturated rings. The molecule has 1 aromatic heterocycles. The van der Waals surface area contributed by atoms with E-state index in [4.69, 9.17) is 9.15 Å². The summed E-state index contributed by atoms with van der Waals surface area (Å²) in [4.78, 5) is 3.95. The molecule has 0 saturated heterocycles. The number of ether oxygens (including phenoxy) is 1. The molecule has 2 rings (SSSR count). The first-order valence-corrected chi connectivity index (χ1v) is 4.93. The maximum absolute atomic E-state index is 5.45. The number of aryl methyl sites for hydroxylation is 1. The predicted molar refractivity (Wildman–Crippen MR) is 56.9 cm³/mol. The summed E-state index contributed by atoms with van der Waals surface area (Å²) in [7, 11) is 0. The Balaban J connectivity index is 1.83. The molecule has 0 radical (unpaired) electrons. The molecule has 1 heterocycles. The van der Waals surface area contributed by atoms with Gasteiger partial charge < -0.3 is 9.15 Å². The van der Waals surface area contributed by atoms with E-state index in [1.54, 1.807) is 0 Å². The van der Waals surface area contributed by atoms with Crippen LogP contribution in [-0.2, 0) is 6.42 Å². The van der Waals surface area contributed by atoms with Crippen molar-refractivity contribution in [3.8, 4) is 5.95 Å². The van der Waals surface area contributed by atoms with Crippen molar-refractivity contribution in [2.45, 2.75) is 13.3 Å². The van der Waals surface area contributed by atoms with Gasteiger partial charge in [-0.15, -0.1) is 0 Å². The summed E-state index contributed by atoms with van der Waals surface area (Å²) >= 11 is 0. The lowest BCUT2D eigenvalue weighted by Crippen LogP contribution is -2.01. The van der Waals surface area contributed by atoms with Crippen molar-refractivity contribution in [2.75, 3.05) is 6.61 Å². The molecule has 0 saturated carbocycles. The Labute approximate surface area is 88.7 Å². The van der Waals surface area contributed by atoms with Crippen LogP contribution in [0.1, 0.15) is 11.3 Å². The van der Waals surface area contributed by atoms with Gasteiger partial charge >= 0.3 is 5.95 Å². The lowest BCUT2D eigenvalue weighted by atomic mass is 10.2. The van der Waals surface area contributed by atoms with E-state index in [1.165, 1.54) is 12.0 Å². The number of rotatable bonds is 4. The maximum Gasteiger partial charge on any atom is 0.308 e. The minimum atomic E-state index is 0.519. The highest BCUT2D eigenvalue weighted by atomic mass is 16.6. The van der Waals surface area contributed by atoms with E-state index in [2.05, 4.69) is 17.1 Å². The molecule has 78 valence electrons. The first-order chi connectivity index (χ1) is 7.36. The van der Waals surface area contributed by atoms with Gasteiger partial charge in [-0.25, -0.2) is 4.98 Å². The van der Waals surface area contributed by atoms with Crippen LogP contribution in [-0.4, -0.2) is 11.6 Å². The first-order valence-electron chi connectivity index (χ1n) is 4.93. The number of benzene rings is 1. The van der Waals surface area contributed by atoms with E-state index in [1.807, 2.05) is 25.1 Å². The zero-order valence-corrected chi connectivity index (χ0v) is 8.64. The highest BCUT2D eigenvalue weighted by molar-refractivity contribution is 5.15. The second kappa shape index (κ2) is 4.64. The second-order valence-corrected chi connectivity index (χ2v) is 3.31. The van der Waals surface area contributed by atoms with Crippen LogP contribution in [0, 0.1) is 6.92 Å². The fraction of sp³-hybridized carbons (Fsp3) is 0.250. The van der Waals surface area contributed by atoms with Crippen molar-refractivity contribution in [3.05, 3.63) is 48.0 Å². The Morgan fingerprint density at radius 2 is 2.07 bits per heavy atom. The quantitative estimate of drug-likeness (QED) is 0.766. The number of nitrogens with zero attached hydrogens (tertiary/aromatic N) is 1. The summed E-state index contributed by atoms with van der Waals surface area (Å²) < 4.78 is 10.5. The van der Waals surface area contributed by atoms with Crippen LogP contribution in [0.2, 0.25) is 0 Å². The van der Waals surface area contributed by atoms with Gasteiger partial charge in [0.1, 0.15) is 5.69 Å². The van der Waals surface area contributed by atoms with E-state index in [-0.39, 0.29) is 0 Å². The normalized spacial score (nSPS) is 10.2. The molecule has 0 bridgehead atoms. The number of hydrogen-bond acceptors (Lipinski definition) is 3. The topological polar surface area (TPSA) is 35.3 Å². The molecular formula is C12H13NO2. The molecule has 1 aromatic carbocycles. The van der Waals surface area contributed by atoms with Gasteiger partial charge in [-0.2, -0.15) is 0 Å². The summed E-state index contributed by atoms with van der Waals surface area (Å²) in [6, 6.07) is 10.2. The molecule has 0 aliphatic carbocycles. The third kappa shape index (κ3) is 2.59. The highest BCUT2D eigenvalue weighted by Crippen LogP contribution is 2.15. The van der Waals surface area contributed by atoms with Gasteiger partial charge in [0.05, 0.1) is 6.61 Å². The highest BCUT2D eigenvalue weighted by Gasteiger charge is 2.03. The summed E-state index contributed by atoms with van der Waals surface area (Å²) in [5.74, 6) is 0.519. The fourth-order valence-corrected chi connectivity index (χ4v) is 1.34. The molecule has 0 N–H and O–H groups in total. The van der Waals surface area contributed by atoms with Crippen molar-refractivity contribution in [1.82, 2.24) is 4.98 Å². The van der Waals surface area contributed by atoms with Gasteiger partial charge in [-0.3, -0.25) is 0 Å². The van der Waals surface area contributed by atoms with Gasteiger partial charge in [0.2, 0.25) is 0 Å². The average molecular weight is 203 g/mol. The summed E-state index contributed by atoms with van der Waals surface area (Å²) in [5, 5.41) is 0. The molecule has 0 amide bonds. The molecule has 3 heteroatoms.